The van der Waals surface area contributed by atoms with Crippen LogP contribution in [0.4, 0.5) is 5.69 Å². The van der Waals surface area contributed by atoms with E-state index in [1.165, 1.54) is 16.5 Å². The van der Waals surface area contributed by atoms with Gasteiger partial charge in [0.1, 0.15) is 0 Å². The molecular weight excluding hydrogens is 312 g/mol. The summed E-state index contributed by atoms with van der Waals surface area (Å²) in [4.78, 5) is 4.39. The summed E-state index contributed by atoms with van der Waals surface area (Å²) in [6, 6.07) is 16.6. The lowest BCUT2D eigenvalue weighted by atomic mass is 10.1. The molecule has 0 radical (unpaired) electrons. The van der Waals surface area contributed by atoms with E-state index in [0.717, 1.165) is 22.2 Å². The van der Waals surface area contributed by atoms with Crippen LogP contribution in [0.3, 0.4) is 0 Å². The van der Waals surface area contributed by atoms with Gasteiger partial charge in [-0.15, -0.1) is 0 Å². The van der Waals surface area contributed by atoms with Crippen LogP contribution in [-0.4, -0.2) is 4.98 Å². The Balaban J connectivity index is 1.87. The number of halogens is 1. The molecule has 2 aromatic carbocycles. The number of hydrogen-bond acceptors (Lipinski definition) is 2. The number of para-hydroxylation sites is 1. The predicted octanol–water partition coefficient (Wildman–Crippen LogP) is 4.92. The summed E-state index contributed by atoms with van der Waals surface area (Å²) >= 11 is 3.49. The molecule has 0 unspecified atom stereocenters. The van der Waals surface area contributed by atoms with Crippen LogP contribution in [0.5, 0.6) is 0 Å². The standard InChI is InChI=1S/C17H15BrN2/c1-12-10-14(18)6-7-16(12)20-11-13-8-9-19-17-5-3-2-4-15(13)17/h2-10,20H,11H2,1H3. The number of pyridine rings is 1. The first kappa shape index (κ1) is 13.1. The predicted molar refractivity (Wildman–Crippen MR) is 87.9 cm³/mol. The third-order valence-corrected chi connectivity index (χ3v) is 3.89. The molecule has 0 atom stereocenters. The smallest absolute Gasteiger partial charge is 0.0705 e. The summed E-state index contributed by atoms with van der Waals surface area (Å²) < 4.78 is 1.11. The summed E-state index contributed by atoms with van der Waals surface area (Å²) in [6.07, 6.45) is 1.87. The van der Waals surface area contributed by atoms with Gasteiger partial charge in [0.15, 0.2) is 0 Å². The van der Waals surface area contributed by atoms with E-state index in [9.17, 15) is 0 Å². The SMILES string of the molecule is Cc1cc(Br)ccc1NCc1ccnc2ccccc12. The van der Waals surface area contributed by atoms with Crippen LogP contribution in [-0.2, 0) is 6.54 Å². The molecular formula is C17H15BrN2. The first-order valence-electron chi connectivity index (χ1n) is 6.57. The highest BCUT2D eigenvalue weighted by atomic mass is 79.9. The van der Waals surface area contributed by atoms with Gasteiger partial charge in [0.05, 0.1) is 5.52 Å². The molecule has 3 rings (SSSR count). The third-order valence-electron chi connectivity index (χ3n) is 3.40. The van der Waals surface area contributed by atoms with E-state index in [2.05, 4.69) is 69.6 Å². The summed E-state index contributed by atoms with van der Waals surface area (Å²) in [6.45, 7) is 2.91. The molecule has 0 aliphatic rings. The molecule has 1 heterocycles. The molecule has 0 amide bonds. The van der Waals surface area contributed by atoms with Gasteiger partial charge in [0.2, 0.25) is 0 Å². The molecule has 1 aromatic heterocycles. The third kappa shape index (κ3) is 2.68. The highest BCUT2D eigenvalue weighted by molar-refractivity contribution is 9.10. The Morgan fingerprint density at radius 2 is 1.95 bits per heavy atom. The maximum atomic E-state index is 4.39. The molecule has 3 heteroatoms. The summed E-state index contributed by atoms with van der Waals surface area (Å²) in [5, 5.41) is 4.71. The van der Waals surface area contributed by atoms with Crippen molar-refractivity contribution in [2.24, 2.45) is 0 Å². The Morgan fingerprint density at radius 1 is 1.10 bits per heavy atom. The average Bonchev–Trinajstić information content (AvgIpc) is 2.46. The van der Waals surface area contributed by atoms with E-state index in [4.69, 9.17) is 0 Å². The first-order chi connectivity index (χ1) is 9.74. The highest BCUT2D eigenvalue weighted by Gasteiger charge is 2.03. The van der Waals surface area contributed by atoms with Gasteiger partial charge in [0.25, 0.3) is 0 Å². The highest BCUT2D eigenvalue weighted by Crippen LogP contribution is 2.22. The molecule has 0 spiro atoms. The lowest BCUT2D eigenvalue weighted by Gasteiger charge is -2.11. The number of anilines is 1. The topological polar surface area (TPSA) is 24.9 Å². The zero-order valence-electron chi connectivity index (χ0n) is 11.2. The second-order valence-corrected chi connectivity index (χ2v) is 5.72. The van der Waals surface area contributed by atoms with Crippen molar-refractivity contribution in [1.29, 1.82) is 0 Å². The first-order valence-corrected chi connectivity index (χ1v) is 7.36. The Labute approximate surface area is 127 Å². The van der Waals surface area contributed by atoms with Crippen LogP contribution >= 0.6 is 15.9 Å². The number of rotatable bonds is 3. The van der Waals surface area contributed by atoms with E-state index in [0.29, 0.717) is 0 Å². The van der Waals surface area contributed by atoms with Gasteiger partial charge in [0, 0.05) is 28.3 Å². The van der Waals surface area contributed by atoms with Gasteiger partial charge in [-0.3, -0.25) is 4.98 Å². The van der Waals surface area contributed by atoms with Crippen molar-refractivity contribution in [3.8, 4) is 0 Å². The number of nitrogens with zero attached hydrogens (tertiary/aromatic N) is 1. The second kappa shape index (κ2) is 5.63. The van der Waals surface area contributed by atoms with Crippen molar-refractivity contribution in [3.05, 3.63) is 70.3 Å². The van der Waals surface area contributed by atoms with Crippen LogP contribution in [0.1, 0.15) is 11.1 Å². The van der Waals surface area contributed by atoms with Crippen molar-refractivity contribution >= 4 is 32.5 Å². The van der Waals surface area contributed by atoms with Gasteiger partial charge in [-0.2, -0.15) is 0 Å². The van der Waals surface area contributed by atoms with Crippen molar-refractivity contribution in [2.45, 2.75) is 13.5 Å². The summed E-state index contributed by atoms with van der Waals surface area (Å²) in [5.74, 6) is 0. The molecule has 0 fully saturated rings. The molecule has 0 saturated heterocycles. The van der Waals surface area contributed by atoms with Gasteiger partial charge in [-0.1, -0.05) is 34.1 Å². The monoisotopic (exact) mass is 326 g/mol. The lowest BCUT2D eigenvalue weighted by molar-refractivity contribution is 1.15. The van der Waals surface area contributed by atoms with E-state index in [1.54, 1.807) is 0 Å². The minimum absolute atomic E-state index is 0.797. The fraction of sp³-hybridized carbons (Fsp3) is 0.118. The average molecular weight is 327 g/mol. The molecule has 20 heavy (non-hydrogen) atoms. The Bertz CT molecular complexity index is 748. The summed E-state index contributed by atoms with van der Waals surface area (Å²) in [5.41, 5.74) is 4.70. The van der Waals surface area contributed by atoms with Gasteiger partial charge in [-0.05, 0) is 48.4 Å². The van der Waals surface area contributed by atoms with E-state index < -0.39 is 0 Å². The van der Waals surface area contributed by atoms with Crippen LogP contribution < -0.4 is 5.32 Å². The maximum Gasteiger partial charge on any atom is 0.0705 e. The second-order valence-electron chi connectivity index (χ2n) is 4.80. The van der Waals surface area contributed by atoms with Gasteiger partial charge in [-0.25, -0.2) is 0 Å². The number of nitrogens with one attached hydrogen (secondary N) is 1. The molecule has 0 bridgehead atoms. The van der Waals surface area contributed by atoms with Gasteiger partial charge < -0.3 is 5.32 Å². The van der Waals surface area contributed by atoms with Crippen molar-refractivity contribution < 1.29 is 0 Å². The molecule has 0 aliphatic heterocycles. The van der Waals surface area contributed by atoms with Crippen LogP contribution in [0.2, 0.25) is 0 Å². The van der Waals surface area contributed by atoms with Crippen molar-refractivity contribution in [2.75, 3.05) is 5.32 Å². The zero-order valence-corrected chi connectivity index (χ0v) is 12.8. The molecule has 0 aliphatic carbocycles. The number of benzene rings is 2. The minimum Gasteiger partial charge on any atom is -0.381 e. The van der Waals surface area contributed by atoms with E-state index in [-0.39, 0.29) is 0 Å². The lowest BCUT2D eigenvalue weighted by Crippen LogP contribution is -2.02. The largest absolute Gasteiger partial charge is 0.381 e. The van der Waals surface area contributed by atoms with E-state index in [1.807, 2.05) is 18.3 Å². The number of aryl methyl sites for hydroxylation is 1. The normalized spacial score (nSPS) is 10.7. The Morgan fingerprint density at radius 3 is 2.80 bits per heavy atom. The van der Waals surface area contributed by atoms with Crippen LogP contribution in [0.25, 0.3) is 10.9 Å². The van der Waals surface area contributed by atoms with Gasteiger partial charge >= 0.3 is 0 Å². The molecule has 2 nitrogen and oxygen atoms in total. The fourth-order valence-electron chi connectivity index (χ4n) is 2.33. The maximum absolute atomic E-state index is 4.39. The minimum atomic E-state index is 0.797. The van der Waals surface area contributed by atoms with Crippen molar-refractivity contribution in [3.63, 3.8) is 0 Å². The molecule has 3 aromatic rings. The number of fused-ring (bicyclic) bond motifs is 1. The van der Waals surface area contributed by atoms with Crippen LogP contribution in [0.15, 0.2) is 59.2 Å². The fourth-order valence-corrected chi connectivity index (χ4v) is 2.80. The Kier molecular flexibility index (Phi) is 3.70. The quantitative estimate of drug-likeness (QED) is 0.739. The Hall–Kier alpha value is -1.87. The summed E-state index contributed by atoms with van der Waals surface area (Å²) in [7, 11) is 0. The van der Waals surface area contributed by atoms with Crippen LogP contribution in [0, 0.1) is 6.92 Å². The van der Waals surface area contributed by atoms with Crippen molar-refractivity contribution in [1.82, 2.24) is 4.98 Å². The molecule has 100 valence electrons. The number of hydrogen-bond donors (Lipinski definition) is 1. The molecule has 0 saturated carbocycles. The zero-order chi connectivity index (χ0) is 13.9. The number of aromatic nitrogens is 1. The molecule has 1 N–H and O–H groups in total. The van der Waals surface area contributed by atoms with E-state index >= 15 is 0 Å².